The summed E-state index contributed by atoms with van der Waals surface area (Å²) < 4.78 is 65.0. The van der Waals surface area contributed by atoms with Gasteiger partial charge in [0.05, 0.1) is 10.9 Å². The fraction of sp³-hybridized carbons (Fsp3) is 0.364. The maximum Gasteiger partial charge on any atom is 0.573 e. The molecule has 0 N–H and O–H groups in total. The minimum absolute atomic E-state index is 0.588. The van der Waals surface area contributed by atoms with Crippen LogP contribution < -0.4 is 4.74 Å². The molecule has 106 valence electrons. The molecule has 0 radical (unpaired) electrons. The number of rotatable bonds is 4. The second-order valence-corrected chi connectivity index (χ2v) is 4.24. The van der Waals surface area contributed by atoms with Crippen LogP contribution in [0.2, 0.25) is 0 Å². The number of alkyl halides is 6. The number of ether oxygens (including phenoxy) is 1. The Bertz CT molecular complexity index is 471. The largest absolute Gasteiger partial charge is 0.573 e. The minimum Gasteiger partial charge on any atom is -0.405 e. The Morgan fingerprint density at radius 2 is 1.89 bits per heavy atom. The Hall–Kier alpha value is -1.37. The van der Waals surface area contributed by atoms with Crippen molar-refractivity contribution in [2.75, 3.05) is 0 Å². The predicted octanol–water partition coefficient (Wildman–Crippen LogP) is 4.33. The molecule has 8 heteroatoms. The molecular weight excluding hydrogens is 295 g/mol. The first-order valence-electron chi connectivity index (χ1n) is 4.98. The number of carbonyl (C=O) groups is 1. The first-order valence-corrected chi connectivity index (χ1v) is 5.41. The topological polar surface area (TPSA) is 26.3 Å². The molecule has 1 aromatic carbocycles. The van der Waals surface area contributed by atoms with Crippen LogP contribution in [0.4, 0.5) is 22.0 Å². The summed E-state index contributed by atoms with van der Waals surface area (Å²) >= 11 is 5.46. The van der Waals surface area contributed by atoms with Crippen LogP contribution in [-0.4, -0.2) is 17.5 Å². The van der Waals surface area contributed by atoms with Crippen LogP contribution in [0.15, 0.2) is 18.2 Å². The number of benzene rings is 1. The van der Waals surface area contributed by atoms with Crippen molar-refractivity contribution < 1.29 is 31.5 Å². The van der Waals surface area contributed by atoms with E-state index in [2.05, 4.69) is 4.74 Å². The predicted molar refractivity (Wildman–Crippen MR) is 57.7 cm³/mol. The first-order chi connectivity index (χ1) is 8.61. The summed E-state index contributed by atoms with van der Waals surface area (Å²) in [6.07, 6.45) is -7.95. The number of halogens is 6. The lowest BCUT2D eigenvalue weighted by atomic mass is 10.0. The molecule has 19 heavy (non-hydrogen) atoms. The quantitative estimate of drug-likeness (QED) is 0.470. The summed E-state index contributed by atoms with van der Waals surface area (Å²) in [6, 6.07) is 2.07. The molecule has 0 aromatic heterocycles. The second-order valence-electron chi connectivity index (χ2n) is 3.58. The molecule has 1 rings (SSSR count). The van der Waals surface area contributed by atoms with E-state index in [0.29, 0.717) is 12.1 Å². The van der Waals surface area contributed by atoms with E-state index in [0.717, 1.165) is 6.07 Å². The van der Waals surface area contributed by atoms with Crippen LogP contribution in [0.25, 0.3) is 0 Å². The van der Waals surface area contributed by atoms with Crippen molar-refractivity contribution in [3.05, 3.63) is 29.3 Å². The highest BCUT2D eigenvalue weighted by molar-refractivity contribution is 6.33. The lowest BCUT2D eigenvalue weighted by molar-refractivity contribution is -0.274. The highest BCUT2D eigenvalue weighted by Crippen LogP contribution is 2.31. The first kappa shape index (κ1) is 15.7. The van der Waals surface area contributed by atoms with Crippen molar-refractivity contribution in [3.63, 3.8) is 0 Å². The van der Waals surface area contributed by atoms with Crippen molar-refractivity contribution in [1.82, 2.24) is 0 Å². The summed E-state index contributed by atoms with van der Waals surface area (Å²) in [5, 5.41) is -1.16. The summed E-state index contributed by atoms with van der Waals surface area (Å²) in [7, 11) is 0. The Kier molecular flexibility index (Phi) is 4.73. The molecule has 0 fully saturated rings. The van der Waals surface area contributed by atoms with E-state index in [1.165, 1.54) is 6.92 Å². The molecule has 1 aromatic rings. The van der Waals surface area contributed by atoms with Gasteiger partial charge in [0, 0.05) is 5.56 Å². The molecule has 1 atom stereocenters. The van der Waals surface area contributed by atoms with Crippen LogP contribution >= 0.6 is 11.6 Å². The van der Waals surface area contributed by atoms with E-state index in [-0.39, 0.29) is 0 Å². The molecule has 0 aliphatic rings. The number of Topliss-reactive ketones (excluding diaryl/α,β-unsaturated/α-hetero) is 1. The normalized spacial score (nSPS) is 13.5. The Morgan fingerprint density at radius 3 is 2.32 bits per heavy atom. The summed E-state index contributed by atoms with van der Waals surface area (Å²) in [5.41, 5.74) is -1.21. The molecule has 0 aliphatic carbocycles. The van der Waals surface area contributed by atoms with Crippen molar-refractivity contribution in [3.8, 4) is 5.75 Å². The molecule has 0 aliphatic heterocycles. The van der Waals surface area contributed by atoms with Crippen molar-refractivity contribution in [2.45, 2.75) is 25.1 Å². The third kappa shape index (κ3) is 4.34. The average Bonchev–Trinajstić information content (AvgIpc) is 2.26. The average molecular weight is 303 g/mol. The van der Waals surface area contributed by atoms with E-state index in [1.54, 1.807) is 0 Å². The third-order valence-electron chi connectivity index (χ3n) is 2.11. The van der Waals surface area contributed by atoms with Gasteiger partial charge in [0.1, 0.15) is 5.75 Å². The molecule has 0 bridgehead atoms. The standard InChI is InChI=1S/C11H8ClF5O2/c1-5(12)9(18)7-4-6(10(13)14)2-3-8(7)19-11(15,16)17/h2-5,10H,1H3. The molecule has 1 unspecified atom stereocenters. The highest BCUT2D eigenvalue weighted by atomic mass is 35.5. The summed E-state index contributed by atoms with van der Waals surface area (Å²) in [5.74, 6) is -1.78. The SMILES string of the molecule is CC(Cl)C(=O)c1cc(C(F)F)ccc1OC(F)(F)F. The van der Waals surface area contributed by atoms with E-state index in [4.69, 9.17) is 11.6 Å². The van der Waals surface area contributed by atoms with Crippen LogP contribution in [0.1, 0.15) is 29.3 Å². The van der Waals surface area contributed by atoms with Gasteiger partial charge in [0.2, 0.25) is 0 Å². The van der Waals surface area contributed by atoms with Crippen LogP contribution in [-0.2, 0) is 0 Å². The zero-order valence-electron chi connectivity index (χ0n) is 9.47. The second kappa shape index (κ2) is 5.73. The van der Waals surface area contributed by atoms with Crippen LogP contribution in [0.5, 0.6) is 5.75 Å². The van der Waals surface area contributed by atoms with Gasteiger partial charge in [-0.05, 0) is 25.1 Å². The minimum atomic E-state index is -5.03. The van der Waals surface area contributed by atoms with Gasteiger partial charge in [-0.15, -0.1) is 24.8 Å². The van der Waals surface area contributed by atoms with Gasteiger partial charge >= 0.3 is 6.36 Å². The third-order valence-corrected chi connectivity index (χ3v) is 2.31. The number of hydrogen-bond acceptors (Lipinski definition) is 2. The maximum atomic E-state index is 12.5. The Labute approximate surface area is 110 Å². The molecule has 0 spiro atoms. The van der Waals surface area contributed by atoms with Crippen molar-refractivity contribution >= 4 is 17.4 Å². The zero-order chi connectivity index (χ0) is 14.8. The van der Waals surface area contributed by atoms with Gasteiger partial charge in [-0.1, -0.05) is 0 Å². The van der Waals surface area contributed by atoms with E-state index in [1.807, 2.05) is 0 Å². The molecule has 0 saturated carbocycles. The molecule has 0 heterocycles. The number of hydrogen-bond donors (Lipinski definition) is 0. The van der Waals surface area contributed by atoms with Gasteiger partial charge in [-0.2, -0.15) is 0 Å². The summed E-state index contributed by atoms with van der Waals surface area (Å²) in [4.78, 5) is 11.6. The molecule has 2 nitrogen and oxygen atoms in total. The van der Waals surface area contributed by atoms with Crippen LogP contribution in [0.3, 0.4) is 0 Å². The molecular formula is C11H8ClF5O2. The maximum absolute atomic E-state index is 12.5. The van der Waals surface area contributed by atoms with Gasteiger partial charge in [0.25, 0.3) is 6.43 Å². The van der Waals surface area contributed by atoms with Crippen molar-refractivity contribution in [1.29, 1.82) is 0 Å². The zero-order valence-corrected chi connectivity index (χ0v) is 10.2. The molecule has 0 amide bonds. The highest BCUT2D eigenvalue weighted by Gasteiger charge is 2.33. The van der Waals surface area contributed by atoms with E-state index < -0.39 is 40.8 Å². The lowest BCUT2D eigenvalue weighted by Gasteiger charge is -2.14. The van der Waals surface area contributed by atoms with Gasteiger partial charge < -0.3 is 4.74 Å². The Morgan fingerprint density at radius 1 is 1.32 bits per heavy atom. The molecule has 0 saturated heterocycles. The monoisotopic (exact) mass is 302 g/mol. The van der Waals surface area contributed by atoms with Gasteiger partial charge in [-0.3, -0.25) is 4.79 Å². The van der Waals surface area contributed by atoms with E-state index in [9.17, 15) is 26.7 Å². The fourth-order valence-corrected chi connectivity index (χ4v) is 1.42. The number of ketones is 1. The lowest BCUT2D eigenvalue weighted by Crippen LogP contribution is -2.21. The Balaban J connectivity index is 3.26. The smallest absolute Gasteiger partial charge is 0.405 e. The van der Waals surface area contributed by atoms with Gasteiger partial charge in [0.15, 0.2) is 5.78 Å². The van der Waals surface area contributed by atoms with Crippen LogP contribution in [0, 0.1) is 0 Å². The van der Waals surface area contributed by atoms with Crippen molar-refractivity contribution in [2.24, 2.45) is 0 Å². The van der Waals surface area contributed by atoms with Gasteiger partial charge in [-0.25, -0.2) is 8.78 Å². The number of carbonyl (C=O) groups excluding carboxylic acids is 1. The fourth-order valence-electron chi connectivity index (χ4n) is 1.30. The van der Waals surface area contributed by atoms with E-state index >= 15 is 0 Å². The summed E-state index contributed by atoms with van der Waals surface area (Å²) in [6.45, 7) is 1.22.